The van der Waals surface area contributed by atoms with E-state index in [-0.39, 0.29) is 17.8 Å². The van der Waals surface area contributed by atoms with E-state index in [1.165, 1.54) is 0 Å². The Labute approximate surface area is 174 Å². The third-order valence-corrected chi connectivity index (χ3v) is 6.26. The molecule has 2 fully saturated rings. The molecule has 1 aromatic carbocycles. The van der Waals surface area contributed by atoms with Crippen molar-refractivity contribution in [1.82, 2.24) is 14.4 Å². The van der Waals surface area contributed by atoms with E-state index >= 15 is 0 Å². The topological polar surface area (TPSA) is 103 Å². The number of ketones is 1. The van der Waals surface area contributed by atoms with E-state index < -0.39 is 5.60 Å². The molecule has 1 unspecified atom stereocenters. The molecule has 3 N–H and O–H groups in total. The molecule has 0 radical (unpaired) electrons. The van der Waals surface area contributed by atoms with Crippen LogP contribution in [0.5, 0.6) is 0 Å². The molecule has 1 aliphatic heterocycles. The summed E-state index contributed by atoms with van der Waals surface area (Å²) >= 11 is 0. The van der Waals surface area contributed by atoms with Gasteiger partial charge in [0.25, 0.3) is 0 Å². The molecule has 30 heavy (non-hydrogen) atoms. The van der Waals surface area contributed by atoms with Gasteiger partial charge in [-0.3, -0.25) is 9.20 Å². The number of hydrogen-bond donors (Lipinski definition) is 2. The number of nitrogen functional groups attached to an aromatic ring is 1. The van der Waals surface area contributed by atoms with Crippen molar-refractivity contribution in [2.75, 3.05) is 12.3 Å². The van der Waals surface area contributed by atoms with Crippen molar-refractivity contribution in [2.45, 2.75) is 56.7 Å². The van der Waals surface area contributed by atoms with E-state index in [9.17, 15) is 9.90 Å². The van der Waals surface area contributed by atoms with Crippen LogP contribution in [-0.2, 0) is 4.74 Å². The van der Waals surface area contributed by atoms with Gasteiger partial charge in [-0.15, -0.1) is 0 Å². The fraction of sp³-hybridized carbons (Fsp3) is 0.435. The number of aliphatic hydroxyl groups is 1. The normalized spacial score (nSPS) is 26.5. The number of anilines is 1. The number of nitrogens with zero attached hydrogens (tertiary/aromatic N) is 3. The maximum absolute atomic E-state index is 12.7. The molecule has 0 bridgehead atoms. The number of carbonyl (C=O) groups excluding carboxylic acids is 1. The molecule has 7 heteroatoms. The van der Waals surface area contributed by atoms with Crippen LogP contribution in [0.2, 0.25) is 0 Å². The predicted molar refractivity (Wildman–Crippen MR) is 113 cm³/mol. The Bertz CT molecular complexity index is 1090. The average Bonchev–Trinajstić information content (AvgIpc) is 3.13. The Morgan fingerprint density at radius 1 is 1.27 bits per heavy atom. The molecule has 5 rings (SSSR count). The van der Waals surface area contributed by atoms with E-state index in [1.807, 2.05) is 41.8 Å². The van der Waals surface area contributed by atoms with Gasteiger partial charge >= 0.3 is 0 Å². The Morgan fingerprint density at radius 2 is 2.03 bits per heavy atom. The van der Waals surface area contributed by atoms with Crippen LogP contribution in [-0.4, -0.2) is 43.6 Å². The number of carbonyl (C=O) groups is 1. The number of hydrogen-bond acceptors (Lipinski definition) is 6. The largest absolute Gasteiger partial charge is 0.390 e. The van der Waals surface area contributed by atoms with Crippen LogP contribution >= 0.6 is 0 Å². The highest BCUT2D eigenvalue weighted by Gasteiger charge is 2.41. The molecule has 1 saturated heterocycles. The number of Topliss-reactive ketones (excluding diaryl/α,β-unsaturated/α-hetero) is 1. The molecular weight excluding hydrogens is 380 g/mol. The second-order valence-electron chi connectivity index (χ2n) is 8.75. The minimum absolute atomic E-state index is 0.0366. The number of nitrogens with two attached hydrogens (primary N) is 1. The van der Waals surface area contributed by atoms with Crippen LogP contribution in [0.25, 0.3) is 16.8 Å². The van der Waals surface area contributed by atoms with Crippen LogP contribution in [0.15, 0.2) is 36.7 Å². The van der Waals surface area contributed by atoms with Gasteiger partial charge < -0.3 is 15.6 Å². The highest BCUT2D eigenvalue weighted by Crippen LogP contribution is 2.45. The maximum Gasteiger partial charge on any atom is 0.191 e. The molecule has 2 aliphatic rings. The van der Waals surface area contributed by atoms with Crippen molar-refractivity contribution < 1.29 is 14.6 Å². The summed E-state index contributed by atoms with van der Waals surface area (Å²) in [5.74, 6) is 1.51. The Hall–Kier alpha value is -2.77. The first kappa shape index (κ1) is 19.2. The summed E-state index contributed by atoms with van der Waals surface area (Å²) in [4.78, 5) is 21.9. The van der Waals surface area contributed by atoms with Crippen molar-refractivity contribution in [3.8, 4) is 11.3 Å². The first-order valence-electron chi connectivity index (χ1n) is 10.5. The SMILES string of the molecule is CC1(O)CC(c2nc(-c3ccc(C(=O)C4CCCCO4)cc3)c3c(N)nccn23)C1. The minimum Gasteiger partial charge on any atom is -0.390 e. The molecule has 7 nitrogen and oxygen atoms in total. The summed E-state index contributed by atoms with van der Waals surface area (Å²) in [5, 5.41) is 10.2. The van der Waals surface area contributed by atoms with Crippen LogP contribution in [0, 0.1) is 0 Å². The standard InChI is InChI=1S/C23H26N4O3/c1-23(29)12-16(13-23)22-26-18(19-21(24)25-9-10-27(19)22)14-5-7-15(8-6-14)20(28)17-4-2-3-11-30-17/h5-10,16-17,29H,2-4,11-13H2,1H3,(H2,24,25). The highest BCUT2D eigenvalue weighted by atomic mass is 16.5. The van der Waals surface area contributed by atoms with Crippen molar-refractivity contribution in [3.63, 3.8) is 0 Å². The lowest BCUT2D eigenvalue weighted by Gasteiger charge is -2.40. The molecule has 2 aromatic heterocycles. The summed E-state index contributed by atoms with van der Waals surface area (Å²) in [6.45, 7) is 2.50. The van der Waals surface area contributed by atoms with Crippen molar-refractivity contribution in [2.24, 2.45) is 0 Å². The number of imidazole rings is 1. The van der Waals surface area contributed by atoms with Gasteiger partial charge in [0.2, 0.25) is 0 Å². The third kappa shape index (κ3) is 3.28. The summed E-state index contributed by atoms with van der Waals surface area (Å²) in [7, 11) is 0. The van der Waals surface area contributed by atoms with Crippen molar-refractivity contribution in [1.29, 1.82) is 0 Å². The zero-order valence-corrected chi connectivity index (χ0v) is 17.0. The fourth-order valence-corrected chi connectivity index (χ4v) is 4.69. The van der Waals surface area contributed by atoms with E-state index in [0.717, 1.165) is 41.9 Å². The molecular formula is C23H26N4O3. The van der Waals surface area contributed by atoms with Crippen molar-refractivity contribution >= 4 is 17.1 Å². The summed E-state index contributed by atoms with van der Waals surface area (Å²) in [6, 6.07) is 7.49. The zero-order chi connectivity index (χ0) is 20.9. The molecule has 1 saturated carbocycles. The van der Waals surface area contributed by atoms with E-state index in [2.05, 4.69) is 4.98 Å². The Morgan fingerprint density at radius 3 is 2.70 bits per heavy atom. The summed E-state index contributed by atoms with van der Waals surface area (Å²) in [5.41, 5.74) is 8.60. The lowest BCUT2D eigenvalue weighted by Crippen LogP contribution is -2.40. The smallest absolute Gasteiger partial charge is 0.191 e. The molecule has 1 atom stereocenters. The molecule has 0 spiro atoms. The third-order valence-electron chi connectivity index (χ3n) is 6.26. The van der Waals surface area contributed by atoms with Crippen LogP contribution in [0.1, 0.15) is 61.1 Å². The van der Waals surface area contributed by atoms with Gasteiger partial charge in [0.1, 0.15) is 29.0 Å². The molecule has 0 amide bonds. The van der Waals surface area contributed by atoms with Gasteiger partial charge in [0.15, 0.2) is 5.78 Å². The van der Waals surface area contributed by atoms with E-state index in [4.69, 9.17) is 15.5 Å². The van der Waals surface area contributed by atoms with Gasteiger partial charge in [-0.2, -0.15) is 0 Å². The van der Waals surface area contributed by atoms with Crippen LogP contribution in [0.3, 0.4) is 0 Å². The average molecular weight is 406 g/mol. The second-order valence-corrected chi connectivity index (χ2v) is 8.75. The zero-order valence-electron chi connectivity index (χ0n) is 17.0. The van der Waals surface area contributed by atoms with Gasteiger partial charge in [0.05, 0.1) is 5.60 Å². The van der Waals surface area contributed by atoms with Gasteiger partial charge in [-0.25, -0.2) is 9.97 Å². The minimum atomic E-state index is -0.640. The molecule has 1 aliphatic carbocycles. The first-order valence-corrected chi connectivity index (χ1v) is 10.5. The second kappa shape index (κ2) is 7.18. The van der Waals surface area contributed by atoms with Crippen molar-refractivity contribution in [3.05, 3.63) is 48.0 Å². The maximum atomic E-state index is 12.7. The van der Waals surface area contributed by atoms with Gasteiger partial charge in [-0.05, 0) is 39.0 Å². The first-order chi connectivity index (χ1) is 14.4. The summed E-state index contributed by atoms with van der Waals surface area (Å²) < 4.78 is 7.62. The number of ether oxygens (including phenoxy) is 1. The van der Waals surface area contributed by atoms with E-state index in [1.54, 1.807) is 6.20 Å². The monoisotopic (exact) mass is 406 g/mol. The number of aromatic nitrogens is 3. The molecule has 156 valence electrons. The van der Waals surface area contributed by atoms with Gasteiger partial charge in [0, 0.05) is 36.0 Å². The number of rotatable bonds is 4. The highest BCUT2D eigenvalue weighted by molar-refractivity contribution is 6.00. The van der Waals surface area contributed by atoms with Crippen LogP contribution < -0.4 is 5.73 Å². The lowest BCUT2D eigenvalue weighted by atomic mass is 9.72. The molecule has 3 aromatic rings. The lowest BCUT2D eigenvalue weighted by molar-refractivity contribution is -0.0335. The number of benzene rings is 1. The van der Waals surface area contributed by atoms with Crippen LogP contribution in [0.4, 0.5) is 5.82 Å². The predicted octanol–water partition coefficient (Wildman–Crippen LogP) is 3.36. The number of fused-ring (bicyclic) bond motifs is 1. The Kier molecular flexibility index (Phi) is 4.60. The summed E-state index contributed by atoms with van der Waals surface area (Å²) in [6.07, 6.45) is 7.36. The molecule has 3 heterocycles. The Balaban J connectivity index is 1.49. The fourth-order valence-electron chi connectivity index (χ4n) is 4.69. The van der Waals surface area contributed by atoms with Gasteiger partial charge in [-0.1, -0.05) is 24.3 Å². The quantitative estimate of drug-likeness (QED) is 0.644. The van der Waals surface area contributed by atoms with E-state index in [0.29, 0.717) is 30.8 Å².